The lowest BCUT2D eigenvalue weighted by molar-refractivity contribution is 0.284. The number of halogens is 1. The van der Waals surface area contributed by atoms with Gasteiger partial charge in [0.2, 0.25) is 0 Å². The van der Waals surface area contributed by atoms with Gasteiger partial charge in [0.05, 0.1) is 16.8 Å². The normalized spacial score (nSPS) is 13.4. The Balaban J connectivity index is 2.42. The van der Waals surface area contributed by atoms with Crippen molar-refractivity contribution >= 4 is 15.9 Å². The molecule has 0 fully saturated rings. The summed E-state index contributed by atoms with van der Waals surface area (Å²) >= 11 is 3.42. The Labute approximate surface area is 99.7 Å². The molecule has 0 aliphatic carbocycles. The summed E-state index contributed by atoms with van der Waals surface area (Å²) in [6, 6.07) is 1.86. The first-order chi connectivity index (χ1) is 7.19. The number of furan rings is 1. The van der Waals surface area contributed by atoms with Gasteiger partial charge in [-0.1, -0.05) is 13.8 Å². The molecule has 4 heteroatoms. The molecule has 0 aliphatic heterocycles. The van der Waals surface area contributed by atoms with Crippen LogP contribution in [0.1, 0.15) is 32.1 Å². The van der Waals surface area contributed by atoms with E-state index in [0.29, 0.717) is 0 Å². The maximum Gasteiger partial charge on any atom is 0.134 e. The van der Waals surface area contributed by atoms with Crippen LogP contribution in [0.3, 0.4) is 0 Å². The Hall–Kier alpha value is -0.320. The van der Waals surface area contributed by atoms with Crippen LogP contribution in [-0.2, 0) is 0 Å². The topological polar surface area (TPSA) is 42.4 Å². The first-order valence-electron chi connectivity index (χ1n) is 5.39. The van der Waals surface area contributed by atoms with Crippen molar-refractivity contribution in [1.82, 2.24) is 4.90 Å². The minimum absolute atomic E-state index is 0.0185. The molecule has 0 saturated heterocycles. The molecular formula is C11H19BrN2O. The van der Waals surface area contributed by atoms with Gasteiger partial charge in [0, 0.05) is 6.54 Å². The number of nitrogens with zero attached hydrogens (tertiary/aromatic N) is 1. The Morgan fingerprint density at radius 3 is 2.60 bits per heavy atom. The van der Waals surface area contributed by atoms with Crippen LogP contribution in [0.4, 0.5) is 0 Å². The summed E-state index contributed by atoms with van der Waals surface area (Å²) in [5.41, 5.74) is 6.05. The first kappa shape index (κ1) is 12.7. The number of hydrogen-bond donors (Lipinski definition) is 1. The fourth-order valence-electron chi connectivity index (χ4n) is 1.56. The van der Waals surface area contributed by atoms with E-state index in [1.165, 1.54) is 0 Å². The smallest absolute Gasteiger partial charge is 0.134 e. The monoisotopic (exact) mass is 274 g/mol. The van der Waals surface area contributed by atoms with Gasteiger partial charge in [0.1, 0.15) is 5.76 Å². The fraction of sp³-hybridized carbons (Fsp3) is 0.636. The van der Waals surface area contributed by atoms with Crippen molar-refractivity contribution in [2.24, 2.45) is 5.73 Å². The van der Waals surface area contributed by atoms with Crippen LogP contribution in [-0.4, -0.2) is 24.5 Å². The van der Waals surface area contributed by atoms with E-state index in [-0.39, 0.29) is 6.04 Å². The molecule has 1 aromatic heterocycles. The predicted molar refractivity (Wildman–Crippen MR) is 65.7 cm³/mol. The van der Waals surface area contributed by atoms with Crippen LogP contribution in [0, 0.1) is 0 Å². The highest BCUT2D eigenvalue weighted by Crippen LogP contribution is 2.24. The van der Waals surface area contributed by atoms with Gasteiger partial charge in [-0.3, -0.25) is 0 Å². The summed E-state index contributed by atoms with van der Waals surface area (Å²) in [5, 5.41) is 0. The van der Waals surface area contributed by atoms with Gasteiger partial charge >= 0.3 is 0 Å². The zero-order valence-electron chi connectivity index (χ0n) is 9.37. The lowest BCUT2D eigenvalue weighted by Gasteiger charge is -2.19. The summed E-state index contributed by atoms with van der Waals surface area (Å²) in [6.07, 6.45) is 2.59. The Morgan fingerprint density at radius 2 is 2.13 bits per heavy atom. The van der Waals surface area contributed by atoms with Gasteiger partial charge in [-0.15, -0.1) is 0 Å². The molecular weight excluding hydrogens is 256 g/mol. The molecule has 0 aliphatic rings. The molecule has 0 spiro atoms. The lowest BCUT2D eigenvalue weighted by atomic mass is 10.1. The van der Waals surface area contributed by atoms with Crippen LogP contribution in [0.25, 0.3) is 0 Å². The van der Waals surface area contributed by atoms with E-state index in [0.717, 1.165) is 36.3 Å². The largest absolute Gasteiger partial charge is 0.466 e. The zero-order valence-corrected chi connectivity index (χ0v) is 11.0. The molecule has 1 atom stereocenters. The van der Waals surface area contributed by atoms with Crippen molar-refractivity contribution in [1.29, 1.82) is 0 Å². The van der Waals surface area contributed by atoms with E-state index in [1.54, 1.807) is 6.26 Å². The third kappa shape index (κ3) is 3.63. The van der Waals surface area contributed by atoms with Crippen LogP contribution in [0.15, 0.2) is 21.2 Å². The van der Waals surface area contributed by atoms with Crippen molar-refractivity contribution in [2.45, 2.75) is 26.3 Å². The molecule has 0 aromatic carbocycles. The molecule has 1 aromatic rings. The Kier molecular flexibility index (Phi) is 5.36. The molecule has 1 unspecified atom stereocenters. The second kappa shape index (κ2) is 6.30. The minimum Gasteiger partial charge on any atom is -0.466 e. The van der Waals surface area contributed by atoms with E-state index in [9.17, 15) is 0 Å². The van der Waals surface area contributed by atoms with E-state index >= 15 is 0 Å². The van der Waals surface area contributed by atoms with Crippen molar-refractivity contribution in [3.63, 3.8) is 0 Å². The van der Waals surface area contributed by atoms with Gasteiger partial charge in [0.15, 0.2) is 0 Å². The van der Waals surface area contributed by atoms with Crippen molar-refractivity contribution in [3.05, 3.63) is 22.6 Å². The van der Waals surface area contributed by atoms with Crippen molar-refractivity contribution in [2.75, 3.05) is 19.6 Å². The third-order valence-electron chi connectivity index (χ3n) is 2.63. The Bertz CT molecular complexity index is 284. The molecule has 86 valence electrons. The first-order valence-corrected chi connectivity index (χ1v) is 6.19. The van der Waals surface area contributed by atoms with Crippen molar-refractivity contribution < 1.29 is 4.42 Å². The highest BCUT2D eigenvalue weighted by Gasteiger charge is 2.14. The molecule has 3 nitrogen and oxygen atoms in total. The lowest BCUT2D eigenvalue weighted by Crippen LogP contribution is -2.27. The molecule has 1 heterocycles. The quantitative estimate of drug-likeness (QED) is 0.868. The molecule has 0 radical (unpaired) electrons. The van der Waals surface area contributed by atoms with Crippen molar-refractivity contribution in [3.8, 4) is 0 Å². The second-order valence-electron chi connectivity index (χ2n) is 3.55. The molecule has 0 saturated carbocycles. The molecule has 2 N–H and O–H groups in total. The standard InChI is InChI=1S/C11H19BrN2O/c1-3-14(4-2)7-5-10(13)11-9(12)6-8-15-11/h6,8,10H,3-5,7,13H2,1-2H3. The molecule has 0 amide bonds. The maximum absolute atomic E-state index is 6.05. The van der Waals surface area contributed by atoms with E-state index in [2.05, 4.69) is 34.7 Å². The molecule has 15 heavy (non-hydrogen) atoms. The van der Waals surface area contributed by atoms with Gasteiger partial charge in [0.25, 0.3) is 0 Å². The molecule has 0 bridgehead atoms. The van der Waals surface area contributed by atoms with Crippen LogP contribution in [0.5, 0.6) is 0 Å². The van der Waals surface area contributed by atoms with E-state index < -0.39 is 0 Å². The minimum atomic E-state index is -0.0185. The maximum atomic E-state index is 6.05. The van der Waals surface area contributed by atoms with Gasteiger partial charge in [-0.2, -0.15) is 0 Å². The average molecular weight is 275 g/mol. The summed E-state index contributed by atoms with van der Waals surface area (Å²) < 4.78 is 6.30. The van der Waals surface area contributed by atoms with Crippen LogP contribution >= 0.6 is 15.9 Å². The van der Waals surface area contributed by atoms with E-state index in [4.69, 9.17) is 10.2 Å². The number of hydrogen-bond acceptors (Lipinski definition) is 3. The summed E-state index contributed by atoms with van der Waals surface area (Å²) in [4.78, 5) is 2.36. The van der Waals surface area contributed by atoms with Crippen LogP contribution < -0.4 is 5.73 Å². The van der Waals surface area contributed by atoms with Gasteiger partial charge < -0.3 is 15.1 Å². The number of rotatable bonds is 6. The second-order valence-corrected chi connectivity index (χ2v) is 4.41. The SMILES string of the molecule is CCN(CC)CCC(N)c1occc1Br. The Morgan fingerprint density at radius 1 is 1.47 bits per heavy atom. The van der Waals surface area contributed by atoms with Gasteiger partial charge in [-0.25, -0.2) is 0 Å². The fourth-order valence-corrected chi connectivity index (χ4v) is 2.06. The third-order valence-corrected chi connectivity index (χ3v) is 3.29. The average Bonchev–Trinajstić information content (AvgIpc) is 2.66. The predicted octanol–water partition coefficient (Wildman–Crippen LogP) is 2.77. The number of nitrogens with two attached hydrogens (primary N) is 1. The summed E-state index contributed by atoms with van der Waals surface area (Å²) in [6.45, 7) is 7.49. The summed E-state index contributed by atoms with van der Waals surface area (Å²) in [7, 11) is 0. The highest BCUT2D eigenvalue weighted by molar-refractivity contribution is 9.10. The molecule has 1 rings (SSSR count). The van der Waals surface area contributed by atoms with Gasteiger partial charge in [-0.05, 0) is 41.5 Å². The van der Waals surface area contributed by atoms with E-state index in [1.807, 2.05) is 6.07 Å². The highest BCUT2D eigenvalue weighted by atomic mass is 79.9. The summed E-state index contributed by atoms with van der Waals surface area (Å²) in [5.74, 6) is 0.849. The van der Waals surface area contributed by atoms with Crippen LogP contribution in [0.2, 0.25) is 0 Å². The zero-order chi connectivity index (χ0) is 11.3.